The van der Waals surface area contributed by atoms with E-state index in [-0.39, 0.29) is 5.91 Å². The van der Waals surface area contributed by atoms with Crippen molar-refractivity contribution < 1.29 is 14.8 Å². The number of phenols is 1. The van der Waals surface area contributed by atoms with Crippen LogP contribution in [0.25, 0.3) is 0 Å². The standard InChI is InChI=1S/C10H8N4O4S/c15-8-2-1-6(3-7(8)14(17)18)4-11-13-10-12-9(16)5-19-10/h1-4,15H,5H2,(H,12,13,16). The molecule has 19 heavy (non-hydrogen) atoms. The number of hydrogen-bond donors (Lipinski definition) is 2. The van der Waals surface area contributed by atoms with Gasteiger partial charge in [0.05, 0.1) is 16.9 Å². The van der Waals surface area contributed by atoms with E-state index in [1.54, 1.807) is 0 Å². The van der Waals surface area contributed by atoms with Crippen LogP contribution >= 0.6 is 11.8 Å². The first kappa shape index (κ1) is 13.0. The lowest BCUT2D eigenvalue weighted by atomic mass is 10.2. The third kappa shape index (κ3) is 3.28. The van der Waals surface area contributed by atoms with Gasteiger partial charge in [-0.15, -0.1) is 5.10 Å². The Kier molecular flexibility index (Phi) is 3.76. The van der Waals surface area contributed by atoms with Crippen molar-refractivity contribution >= 4 is 34.7 Å². The van der Waals surface area contributed by atoms with Crippen LogP contribution in [0.3, 0.4) is 0 Å². The fourth-order valence-corrected chi connectivity index (χ4v) is 1.93. The highest BCUT2D eigenvalue weighted by Gasteiger charge is 2.16. The van der Waals surface area contributed by atoms with Crippen molar-refractivity contribution in [2.45, 2.75) is 0 Å². The predicted molar refractivity (Wildman–Crippen MR) is 70.4 cm³/mol. The minimum atomic E-state index is -0.689. The lowest BCUT2D eigenvalue weighted by Crippen LogP contribution is -2.19. The van der Waals surface area contributed by atoms with E-state index in [2.05, 4.69) is 15.5 Å². The SMILES string of the molecule is O=C1CSC(=NN=Cc2ccc(O)c([N+](=O)[O-])c2)N1. The van der Waals surface area contributed by atoms with E-state index < -0.39 is 16.4 Å². The molecule has 0 aromatic heterocycles. The highest BCUT2D eigenvalue weighted by molar-refractivity contribution is 8.15. The summed E-state index contributed by atoms with van der Waals surface area (Å²) in [4.78, 5) is 20.8. The molecular weight excluding hydrogens is 272 g/mol. The molecule has 0 saturated carbocycles. The molecule has 1 aliphatic heterocycles. The summed E-state index contributed by atoms with van der Waals surface area (Å²) in [5, 5.41) is 30.2. The maximum atomic E-state index is 10.9. The van der Waals surface area contributed by atoms with Crippen LogP contribution in [-0.4, -0.2) is 33.1 Å². The van der Waals surface area contributed by atoms with Crippen molar-refractivity contribution in [2.24, 2.45) is 10.2 Å². The average molecular weight is 280 g/mol. The van der Waals surface area contributed by atoms with Gasteiger partial charge in [0.25, 0.3) is 0 Å². The molecule has 0 bridgehead atoms. The Morgan fingerprint density at radius 2 is 2.32 bits per heavy atom. The van der Waals surface area contributed by atoms with Gasteiger partial charge in [-0.2, -0.15) is 5.10 Å². The van der Waals surface area contributed by atoms with Gasteiger partial charge in [-0.05, 0) is 12.1 Å². The molecule has 0 aliphatic carbocycles. The van der Waals surface area contributed by atoms with Gasteiger partial charge in [0.2, 0.25) is 5.91 Å². The molecule has 1 fully saturated rings. The van der Waals surface area contributed by atoms with E-state index in [0.29, 0.717) is 16.5 Å². The Labute approximate surface area is 111 Å². The Morgan fingerprint density at radius 3 is 2.95 bits per heavy atom. The number of benzene rings is 1. The summed E-state index contributed by atoms with van der Waals surface area (Å²) in [5.41, 5.74) is 0.0170. The summed E-state index contributed by atoms with van der Waals surface area (Å²) in [6.45, 7) is 0. The number of nitrogens with zero attached hydrogens (tertiary/aromatic N) is 3. The number of nitrogens with one attached hydrogen (secondary N) is 1. The first-order valence-electron chi connectivity index (χ1n) is 5.07. The lowest BCUT2D eigenvalue weighted by molar-refractivity contribution is -0.385. The van der Waals surface area contributed by atoms with Gasteiger partial charge in [0.1, 0.15) is 0 Å². The average Bonchev–Trinajstić information content (AvgIpc) is 2.77. The molecule has 8 nitrogen and oxygen atoms in total. The van der Waals surface area contributed by atoms with Gasteiger partial charge < -0.3 is 10.4 Å². The molecule has 0 unspecified atom stereocenters. The monoisotopic (exact) mass is 280 g/mol. The minimum Gasteiger partial charge on any atom is -0.502 e. The highest BCUT2D eigenvalue weighted by atomic mass is 32.2. The maximum absolute atomic E-state index is 10.9. The molecule has 1 aromatic carbocycles. The van der Waals surface area contributed by atoms with Crippen LogP contribution in [0, 0.1) is 10.1 Å². The second kappa shape index (κ2) is 5.48. The summed E-state index contributed by atoms with van der Waals surface area (Å²) >= 11 is 1.22. The number of nitro groups is 1. The first-order chi connectivity index (χ1) is 9.06. The number of nitro benzene ring substituents is 1. The van der Waals surface area contributed by atoms with Gasteiger partial charge in [-0.25, -0.2) is 0 Å². The number of carbonyl (C=O) groups excluding carboxylic acids is 1. The van der Waals surface area contributed by atoms with Crippen LogP contribution in [0.2, 0.25) is 0 Å². The number of aromatic hydroxyl groups is 1. The van der Waals surface area contributed by atoms with Gasteiger partial charge in [0.15, 0.2) is 10.9 Å². The molecule has 0 radical (unpaired) electrons. The van der Waals surface area contributed by atoms with Crippen molar-refractivity contribution in [2.75, 3.05) is 5.75 Å². The fraction of sp³-hybridized carbons (Fsp3) is 0.100. The van der Waals surface area contributed by atoms with Crippen LogP contribution < -0.4 is 5.32 Å². The Hall–Kier alpha value is -2.42. The molecule has 2 rings (SSSR count). The Balaban J connectivity index is 2.13. The molecule has 98 valence electrons. The zero-order valence-corrected chi connectivity index (χ0v) is 10.3. The molecule has 1 saturated heterocycles. The quantitative estimate of drug-likeness (QED) is 0.483. The molecule has 9 heteroatoms. The highest BCUT2D eigenvalue weighted by Crippen LogP contribution is 2.25. The van der Waals surface area contributed by atoms with Crippen molar-refractivity contribution in [3.05, 3.63) is 33.9 Å². The maximum Gasteiger partial charge on any atom is 0.311 e. The fourth-order valence-electron chi connectivity index (χ4n) is 1.29. The largest absolute Gasteiger partial charge is 0.502 e. The second-order valence-corrected chi connectivity index (χ2v) is 4.46. The Morgan fingerprint density at radius 1 is 1.53 bits per heavy atom. The normalized spacial score (nSPS) is 17.1. The van der Waals surface area contributed by atoms with E-state index in [1.807, 2.05) is 0 Å². The topological polar surface area (TPSA) is 117 Å². The molecule has 1 aromatic rings. The summed E-state index contributed by atoms with van der Waals surface area (Å²) in [5.74, 6) is -0.245. The first-order valence-corrected chi connectivity index (χ1v) is 6.06. The van der Waals surface area contributed by atoms with Gasteiger partial charge in [-0.1, -0.05) is 11.8 Å². The van der Waals surface area contributed by atoms with E-state index in [1.165, 1.54) is 36.2 Å². The van der Waals surface area contributed by atoms with E-state index in [0.717, 1.165) is 0 Å². The summed E-state index contributed by atoms with van der Waals surface area (Å²) in [7, 11) is 0. The number of thioether (sulfide) groups is 1. The smallest absolute Gasteiger partial charge is 0.311 e. The molecule has 1 heterocycles. The number of carbonyl (C=O) groups is 1. The Bertz CT molecular complexity index is 599. The van der Waals surface area contributed by atoms with Crippen LogP contribution in [0.4, 0.5) is 5.69 Å². The number of phenolic OH excluding ortho intramolecular Hbond substituents is 1. The van der Waals surface area contributed by atoms with Crippen molar-refractivity contribution in [3.8, 4) is 5.75 Å². The zero-order chi connectivity index (χ0) is 13.8. The number of amidine groups is 1. The summed E-state index contributed by atoms with van der Waals surface area (Å²) in [6.07, 6.45) is 1.30. The predicted octanol–water partition coefficient (Wildman–Crippen LogP) is 0.853. The van der Waals surface area contributed by atoms with Crippen molar-refractivity contribution in [3.63, 3.8) is 0 Å². The van der Waals surface area contributed by atoms with Crippen LogP contribution in [-0.2, 0) is 4.79 Å². The third-order valence-electron chi connectivity index (χ3n) is 2.14. The lowest BCUT2D eigenvalue weighted by Gasteiger charge is -1.96. The van der Waals surface area contributed by atoms with E-state index in [4.69, 9.17) is 0 Å². The van der Waals surface area contributed by atoms with Crippen molar-refractivity contribution in [1.82, 2.24) is 5.32 Å². The van der Waals surface area contributed by atoms with Gasteiger partial charge in [-0.3, -0.25) is 14.9 Å². The van der Waals surface area contributed by atoms with Crippen molar-refractivity contribution in [1.29, 1.82) is 0 Å². The molecular formula is C10H8N4O4S. The molecule has 1 aliphatic rings. The zero-order valence-electron chi connectivity index (χ0n) is 9.44. The molecule has 1 amide bonds. The van der Waals surface area contributed by atoms with Gasteiger partial charge in [0, 0.05) is 11.6 Å². The third-order valence-corrected chi connectivity index (χ3v) is 3.00. The van der Waals surface area contributed by atoms with Crippen LogP contribution in [0.5, 0.6) is 5.75 Å². The summed E-state index contributed by atoms with van der Waals surface area (Å²) < 4.78 is 0. The van der Waals surface area contributed by atoms with Gasteiger partial charge >= 0.3 is 5.69 Å². The van der Waals surface area contributed by atoms with E-state index in [9.17, 15) is 20.0 Å². The molecule has 0 spiro atoms. The number of rotatable bonds is 3. The second-order valence-electron chi connectivity index (χ2n) is 3.49. The minimum absolute atomic E-state index is 0.140. The number of hydrogen-bond acceptors (Lipinski definition) is 7. The van der Waals surface area contributed by atoms with Crippen LogP contribution in [0.15, 0.2) is 28.4 Å². The summed E-state index contributed by atoms with van der Waals surface area (Å²) in [6, 6.07) is 3.85. The van der Waals surface area contributed by atoms with Crippen LogP contribution in [0.1, 0.15) is 5.56 Å². The number of amides is 1. The molecule has 2 N–H and O–H groups in total. The molecule has 0 atom stereocenters. The van der Waals surface area contributed by atoms with E-state index >= 15 is 0 Å².